The van der Waals surface area contributed by atoms with E-state index in [1.807, 2.05) is 0 Å². The van der Waals surface area contributed by atoms with E-state index < -0.39 is 11.7 Å². The first kappa shape index (κ1) is 9.52. The monoisotopic (exact) mass is 233 g/mol. The second-order valence-electron chi connectivity index (χ2n) is 3.63. The lowest BCUT2D eigenvalue weighted by molar-refractivity contribution is 0.0691. The van der Waals surface area contributed by atoms with Gasteiger partial charge in [-0.05, 0) is 12.1 Å². The molecule has 7 nitrogen and oxygen atoms in total. The van der Waals surface area contributed by atoms with Crippen molar-refractivity contribution in [2.45, 2.75) is 0 Å². The minimum atomic E-state index is -1.08. The molecule has 2 aromatic heterocycles. The van der Waals surface area contributed by atoms with Crippen LogP contribution in [-0.4, -0.2) is 21.0 Å². The molecular formula is C10H7N3O4. The van der Waals surface area contributed by atoms with E-state index in [4.69, 9.17) is 15.3 Å². The highest BCUT2D eigenvalue weighted by Gasteiger charge is 2.14. The Morgan fingerprint density at radius 3 is 2.76 bits per heavy atom. The van der Waals surface area contributed by atoms with Crippen LogP contribution < -0.4 is 11.5 Å². The fourth-order valence-electron chi connectivity index (χ4n) is 1.83. The molecule has 0 saturated heterocycles. The summed E-state index contributed by atoms with van der Waals surface area (Å²) in [5.41, 5.74) is 7.25. The van der Waals surface area contributed by atoms with Gasteiger partial charge in [-0.2, -0.15) is 0 Å². The minimum Gasteiger partial charge on any atom is -0.477 e. The Morgan fingerprint density at radius 1 is 1.29 bits per heavy atom. The smallest absolute Gasteiger partial charge is 0.417 e. The maximum atomic E-state index is 11.0. The van der Waals surface area contributed by atoms with Gasteiger partial charge in [-0.25, -0.2) is 9.59 Å². The normalized spacial score (nSPS) is 11.3. The Kier molecular flexibility index (Phi) is 1.63. The van der Waals surface area contributed by atoms with E-state index >= 15 is 0 Å². The van der Waals surface area contributed by atoms with Crippen molar-refractivity contribution in [1.29, 1.82) is 0 Å². The van der Waals surface area contributed by atoms with Crippen molar-refractivity contribution in [2.24, 2.45) is 0 Å². The van der Waals surface area contributed by atoms with E-state index in [1.165, 1.54) is 6.07 Å². The molecule has 5 N–H and O–H groups in total. The number of aromatic amines is 2. The summed E-state index contributed by atoms with van der Waals surface area (Å²) in [4.78, 5) is 27.0. The van der Waals surface area contributed by atoms with E-state index in [1.54, 1.807) is 6.07 Å². The lowest BCUT2D eigenvalue weighted by atomic mass is 10.2. The maximum Gasteiger partial charge on any atom is 0.417 e. The second kappa shape index (κ2) is 2.91. The molecule has 7 heteroatoms. The van der Waals surface area contributed by atoms with Crippen LogP contribution in [0.1, 0.15) is 10.5 Å². The average molecular weight is 233 g/mol. The number of carboxylic acid groups (broad SMARTS) is 1. The van der Waals surface area contributed by atoms with Gasteiger partial charge in [0.25, 0.3) is 0 Å². The first-order valence-electron chi connectivity index (χ1n) is 4.73. The van der Waals surface area contributed by atoms with E-state index in [9.17, 15) is 9.59 Å². The number of aromatic nitrogens is 2. The molecule has 86 valence electrons. The molecule has 0 unspecified atom stereocenters. The molecule has 0 aliphatic rings. The fraction of sp³-hybridized carbons (Fsp3) is 0. The quantitative estimate of drug-likeness (QED) is 0.464. The van der Waals surface area contributed by atoms with Crippen molar-refractivity contribution >= 4 is 33.7 Å². The molecule has 3 rings (SSSR count). The maximum absolute atomic E-state index is 11.0. The van der Waals surface area contributed by atoms with E-state index in [0.29, 0.717) is 22.0 Å². The van der Waals surface area contributed by atoms with Crippen LogP contribution in [0.3, 0.4) is 0 Å². The highest BCUT2D eigenvalue weighted by Crippen LogP contribution is 2.28. The summed E-state index contributed by atoms with van der Waals surface area (Å²) in [5.74, 6) is -1.68. The number of benzene rings is 1. The number of rotatable bonds is 1. The summed E-state index contributed by atoms with van der Waals surface area (Å²) in [6.07, 6.45) is 0. The van der Waals surface area contributed by atoms with E-state index in [2.05, 4.69) is 9.97 Å². The molecule has 2 heterocycles. The SMILES string of the molecule is Nc1c2[nH]c(C(=O)O)cc2cc2oc(=O)[nH]c12. The van der Waals surface area contributed by atoms with Gasteiger partial charge in [0.15, 0.2) is 5.58 Å². The summed E-state index contributed by atoms with van der Waals surface area (Å²) in [6.45, 7) is 0. The van der Waals surface area contributed by atoms with Gasteiger partial charge >= 0.3 is 11.7 Å². The number of hydrogen-bond acceptors (Lipinski definition) is 4. The number of fused-ring (bicyclic) bond motifs is 2. The Morgan fingerprint density at radius 2 is 2.06 bits per heavy atom. The van der Waals surface area contributed by atoms with Gasteiger partial charge in [-0.15, -0.1) is 0 Å². The molecule has 0 aliphatic heterocycles. The van der Waals surface area contributed by atoms with E-state index in [0.717, 1.165) is 0 Å². The van der Waals surface area contributed by atoms with Crippen LogP contribution in [0.4, 0.5) is 5.69 Å². The van der Waals surface area contributed by atoms with Crippen molar-refractivity contribution < 1.29 is 14.3 Å². The third-order valence-electron chi connectivity index (χ3n) is 2.58. The van der Waals surface area contributed by atoms with Crippen molar-refractivity contribution in [2.75, 3.05) is 5.73 Å². The Labute approximate surface area is 92.8 Å². The Hall–Kier alpha value is -2.70. The van der Waals surface area contributed by atoms with Crippen LogP contribution in [0.5, 0.6) is 0 Å². The lowest BCUT2D eigenvalue weighted by Gasteiger charge is -1.96. The number of nitrogens with one attached hydrogen (secondary N) is 2. The molecule has 0 spiro atoms. The zero-order valence-electron chi connectivity index (χ0n) is 8.40. The number of carboxylic acids is 1. The predicted molar refractivity (Wildman–Crippen MR) is 60.1 cm³/mol. The van der Waals surface area contributed by atoms with Crippen LogP contribution >= 0.6 is 0 Å². The second-order valence-corrected chi connectivity index (χ2v) is 3.63. The summed E-state index contributed by atoms with van der Waals surface area (Å²) < 4.78 is 4.87. The van der Waals surface area contributed by atoms with Crippen molar-refractivity contribution in [3.63, 3.8) is 0 Å². The molecule has 0 saturated carbocycles. The molecule has 0 aliphatic carbocycles. The Balaban J connectivity index is 2.48. The molecule has 0 bridgehead atoms. The van der Waals surface area contributed by atoms with Crippen molar-refractivity contribution in [1.82, 2.24) is 9.97 Å². The summed E-state index contributed by atoms with van der Waals surface area (Å²) >= 11 is 0. The standard InChI is InChI=1S/C10H7N3O4/c11-6-7-3(1-4(12-7)9(14)15)2-5-8(6)13-10(16)17-5/h1-2,12H,11H2,(H,13,16)(H,14,15). The molecule has 0 atom stereocenters. The zero-order valence-corrected chi connectivity index (χ0v) is 8.40. The minimum absolute atomic E-state index is 0.0294. The number of carbonyl (C=O) groups is 1. The number of hydrogen-bond donors (Lipinski definition) is 4. The van der Waals surface area contributed by atoms with Crippen LogP contribution in [0, 0.1) is 0 Å². The van der Waals surface area contributed by atoms with Crippen LogP contribution in [0.15, 0.2) is 21.3 Å². The summed E-state index contributed by atoms with van der Waals surface area (Å²) in [5, 5.41) is 9.43. The topological polar surface area (TPSA) is 125 Å². The van der Waals surface area contributed by atoms with Gasteiger partial charge in [0, 0.05) is 5.39 Å². The third-order valence-corrected chi connectivity index (χ3v) is 2.58. The van der Waals surface area contributed by atoms with Crippen molar-refractivity contribution in [3.05, 3.63) is 28.4 Å². The number of nitrogen functional groups attached to an aromatic ring is 1. The molecule has 0 amide bonds. The summed E-state index contributed by atoms with van der Waals surface area (Å²) in [6, 6.07) is 2.99. The first-order valence-corrected chi connectivity index (χ1v) is 4.73. The molecule has 1 aromatic carbocycles. The molecule has 3 aromatic rings. The average Bonchev–Trinajstić information content (AvgIpc) is 2.81. The number of oxazole rings is 1. The van der Waals surface area contributed by atoms with Gasteiger partial charge < -0.3 is 20.2 Å². The Bertz CT molecular complexity index is 808. The van der Waals surface area contributed by atoms with Crippen LogP contribution in [0.25, 0.3) is 22.0 Å². The van der Waals surface area contributed by atoms with Gasteiger partial charge in [-0.1, -0.05) is 0 Å². The van der Waals surface area contributed by atoms with E-state index in [-0.39, 0.29) is 11.4 Å². The van der Waals surface area contributed by atoms with Gasteiger partial charge in [0.05, 0.1) is 11.2 Å². The highest BCUT2D eigenvalue weighted by molar-refractivity contribution is 6.07. The number of aromatic carboxylic acids is 1. The molecule has 17 heavy (non-hydrogen) atoms. The number of nitrogens with two attached hydrogens (primary N) is 1. The van der Waals surface area contributed by atoms with Crippen molar-refractivity contribution in [3.8, 4) is 0 Å². The number of H-pyrrole nitrogens is 2. The largest absolute Gasteiger partial charge is 0.477 e. The zero-order chi connectivity index (χ0) is 12.2. The molecule has 0 fully saturated rings. The predicted octanol–water partition coefficient (Wildman–Crippen LogP) is 0.883. The third kappa shape index (κ3) is 1.22. The number of anilines is 1. The molecule has 0 radical (unpaired) electrons. The van der Waals surface area contributed by atoms with Gasteiger partial charge in [-0.3, -0.25) is 4.98 Å². The van der Waals surface area contributed by atoms with Gasteiger partial charge in [0.1, 0.15) is 11.2 Å². The molecular weight excluding hydrogens is 226 g/mol. The van der Waals surface area contributed by atoms with Crippen LogP contribution in [-0.2, 0) is 0 Å². The highest BCUT2D eigenvalue weighted by atomic mass is 16.4. The van der Waals surface area contributed by atoms with Gasteiger partial charge in [0.2, 0.25) is 0 Å². The lowest BCUT2D eigenvalue weighted by Crippen LogP contribution is -1.96. The van der Waals surface area contributed by atoms with Crippen LogP contribution in [0.2, 0.25) is 0 Å². The summed E-state index contributed by atoms with van der Waals surface area (Å²) in [7, 11) is 0. The first-order chi connectivity index (χ1) is 8.06. The fourth-order valence-corrected chi connectivity index (χ4v) is 1.83.